The maximum Gasteiger partial charge on any atom is 0.265 e. The second-order valence-electron chi connectivity index (χ2n) is 7.23. The van der Waals surface area contributed by atoms with Crippen molar-refractivity contribution in [2.45, 2.75) is 17.9 Å². The molecule has 2 aliphatic heterocycles. The van der Waals surface area contributed by atoms with E-state index < -0.39 is 21.9 Å². The molecule has 2 aromatic rings. The zero-order chi connectivity index (χ0) is 22.3. The van der Waals surface area contributed by atoms with Gasteiger partial charge in [0.15, 0.2) is 6.10 Å². The molecular formula is C20H19ClFN3O5S. The highest BCUT2D eigenvalue weighted by Gasteiger charge is 2.32. The van der Waals surface area contributed by atoms with E-state index in [1.165, 1.54) is 39.5 Å². The van der Waals surface area contributed by atoms with Crippen LogP contribution in [-0.4, -0.2) is 61.7 Å². The van der Waals surface area contributed by atoms with E-state index in [9.17, 15) is 22.4 Å². The summed E-state index contributed by atoms with van der Waals surface area (Å²) in [4.78, 5) is 26.0. The Morgan fingerprint density at radius 2 is 1.87 bits per heavy atom. The van der Waals surface area contributed by atoms with Crippen molar-refractivity contribution in [3.8, 4) is 5.75 Å². The minimum atomic E-state index is -3.83. The highest BCUT2D eigenvalue weighted by Crippen LogP contribution is 2.33. The number of sulfonamides is 1. The van der Waals surface area contributed by atoms with Crippen LogP contribution in [-0.2, 0) is 14.8 Å². The van der Waals surface area contributed by atoms with Crippen LogP contribution >= 0.6 is 11.6 Å². The van der Waals surface area contributed by atoms with Gasteiger partial charge in [-0.15, -0.1) is 0 Å². The number of piperazine rings is 1. The first kappa shape index (κ1) is 21.5. The number of nitrogens with one attached hydrogen (secondary N) is 1. The van der Waals surface area contributed by atoms with Crippen LogP contribution in [0.25, 0.3) is 0 Å². The molecule has 1 fully saturated rings. The first-order valence-electron chi connectivity index (χ1n) is 9.53. The van der Waals surface area contributed by atoms with Crippen LogP contribution in [0.2, 0.25) is 5.02 Å². The first-order chi connectivity index (χ1) is 14.7. The molecule has 0 radical (unpaired) electrons. The highest BCUT2D eigenvalue weighted by atomic mass is 35.5. The van der Waals surface area contributed by atoms with Crippen LogP contribution in [0.15, 0.2) is 41.3 Å². The van der Waals surface area contributed by atoms with Crippen LogP contribution in [0, 0.1) is 5.82 Å². The van der Waals surface area contributed by atoms with Crippen molar-refractivity contribution in [1.82, 2.24) is 9.21 Å². The Morgan fingerprint density at radius 1 is 1.16 bits per heavy atom. The van der Waals surface area contributed by atoms with Gasteiger partial charge in [0.05, 0.1) is 15.6 Å². The van der Waals surface area contributed by atoms with Gasteiger partial charge < -0.3 is 15.0 Å². The summed E-state index contributed by atoms with van der Waals surface area (Å²) in [6, 6.07) is 8.03. The molecule has 0 unspecified atom stereocenters. The molecule has 2 amide bonds. The normalized spacial score (nSPS) is 19.4. The average Bonchev–Trinajstić information content (AvgIpc) is 2.75. The molecule has 0 saturated carbocycles. The number of ether oxygens (including phenoxy) is 1. The van der Waals surface area contributed by atoms with Crippen LogP contribution < -0.4 is 10.1 Å². The van der Waals surface area contributed by atoms with Gasteiger partial charge in [-0.25, -0.2) is 12.8 Å². The van der Waals surface area contributed by atoms with Crippen molar-refractivity contribution in [1.29, 1.82) is 0 Å². The third-order valence-corrected chi connectivity index (χ3v) is 7.40. The lowest BCUT2D eigenvalue weighted by molar-refractivity contribution is -0.122. The summed E-state index contributed by atoms with van der Waals surface area (Å²) >= 11 is 5.75. The maximum atomic E-state index is 13.3. The Balaban J connectivity index is 1.47. The summed E-state index contributed by atoms with van der Waals surface area (Å²) in [5, 5.41) is 2.49. The number of benzene rings is 2. The van der Waals surface area contributed by atoms with Crippen molar-refractivity contribution >= 4 is 39.1 Å². The SMILES string of the molecule is C[C@H]1Oc2ccc(S(=O)(=O)N3CCN(C(=O)c4ccc(F)c(Cl)c4)CC3)cc2NC1=O. The van der Waals surface area contributed by atoms with Crippen LogP contribution in [0.4, 0.5) is 10.1 Å². The van der Waals surface area contributed by atoms with E-state index in [2.05, 4.69) is 5.32 Å². The lowest BCUT2D eigenvalue weighted by Gasteiger charge is -2.34. The van der Waals surface area contributed by atoms with Gasteiger partial charge in [-0.1, -0.05) is 11.6 Å². The molecule has 2 heterocycles. The van der Waals surface area contributed by atoms with Gasteiger partial charge in [0.1, 0.15) is 11.6 Å². The molecule has 11 heteroatoms. The fourth-order valence-electron chi connectivity index (χ4n) is 3.44. The average molecular weight is 468 g/mol. The predicted molar refractivity (Wildman–Crippen MR) is 111 cm³/mol. The molecule has 31 heavy (non-hydrogen) atoms. The van der Waals surface area contributed by atoms with Gasteiger partial charge in [0.2, 0.25) is 10.0 Å². The van der Waals surface area contributed by atoms with E-state index in [1.807, 2.05) is 0 Å². The number of anilines is 1. The molecule has 0 aliphatic carbocycles. The largest absolute Gasteiger partial charge is 0.479 e. The monoisotopic (exact) mass is 467 g/mol. The van der Waals surface area contributed by atoms with Crippen LogP contribution in [0.5, 0.6) is 5.75 Å². The molecule has 164 valence electrons. The first-order valence-corrected chi connectivity index (χ1v) is 11.3. The molecule has 1 atom stereocenters. The Hall–Kier alpha value is -2.69. The number of rotatable bonds is 3. The molecule has 0 bridgehead atoms. The summed E-state index contributed by atoms with van der Waals surface area (Å²) in [5.74, 6) is -0.911. The topological polar surface area (TPSA) is 96.0 Å². The molecule has 4 rings (SSSR count). The van der Waals surface area contributed by atoms with E-state index >= 15 is 0 Å². The molecule has 1 saturated heterocycles. The van der Waals surface area contributed by atoms with Crippen LogP contribution in [0.3, 0.4) is 0 Å². The molecule has 0 spiro atoms. The Morgan fingerprint density at radius 3 is 2.55 bits per heavy atom. The number of nitrogens with zero attached hydrogens (tertiary/aromatic N) is 2. The smallest absolute Gasteiger partial charge is 0.265 e. The molecule has 2 aliphatic rings. The number of carbonyl (C=O) groups excluding carboxylic acids is 2. The molecular weight excluding hydrogens is 449 g/mol. The lowest BCUT2D eigenvalue weighted by Crippen LogP contribution is -2.50. The number of hydrogen-bond donors (Lipinski definition) is 1. The van der Waals surface area contributed by atoms with Crippen molar-refractivity contribution in [2.75, 3.05) is 31.5 Å². The minimum absolute atomic E-state index is 0.0230. The Kier molecular flexibility index (Phi) is 5.63. The van der Waals surface area contributed by atoms with Crippen molar-refractivity contribution in [3.63, 3.8) is 0 Å². The van der Waals surface area contributed by atoms with E-state index in [0.717, 1.165) is 6.07 Å². The van der Waals surface area contributed by atoms with Gasteiger partial charge in [0.25, 0.3) is 11.8 Å². The second-order valence-corrected chi connectivity index (χ2v) is 9.58. The third kappa shape index (κ3) is 4.10. The minimum Gasteiger partial charge on any atom is -0.479 e. The van der Waals surface area contributed by atoms with E-state index in [4.69, 9.17) is 16.3 Å². The quantitative estimate of drug-likeness (QED) is 0.747. The van der Waals surface area contributed by atoms with Crippen molar-refractivity contribution < 1.29 is 27.1 Å². The Labute approximate surface area is 183 Å². The standard InChI is InChI=1S/C20H19ClFN3O5S/c1-12-19(26)23-17-11-14(3-5-18(17)30-12)31(28,29)25-8-6-24(7-9-25)20(27)13-2-4-16(22)15(21)10-13/h2-5,10-12H,6-9H2,1H3,(H,23,26)/t12-/m1/s1. The maximum absolute atomic E-state index is 13.3. The van der Waals surface area contributed by atoms with Gasteiger partial charge >= 0.3 is 0 Å². The van der Waals surface area contributed by atoms with Gasteiger partial charge in [-0.05, 0) is 43.3 Å². The summed E-state index contributed by atoms with van der Waals surface area (Å²) in [6.45, 7) is 2.15. The number of carbonyl (C=O) groups is 2. The summed E-state index contributed by atoms with van der Waals surface area (Å²) in [7, 11) is -3.83. The third-order valence-electron chi connectivity index (χ3n) is 5.21. The van der Waals surface area contributed by atoms with Gasteiger partial charge in [-0.2, -0.15) is 4.31 Å². The van der Waals surface area contributed by atoms with E-state index in [0.29, 0.717) is 11.4 Å². The second kappa shape index (κ2) is 8.10. The zero-order valence-corrected chi connectivity index (χ0v) is 18.0. The highest BCUT2D eigenvalue weighted by molar-refractivity contribution is 7.89. The van der Waals surface area contributed by atoms with E-state index in [1.54, 1.807) is 6.92 Å². The van der Waals surface area contributed by atoms with Crippen LogP contribution in [0.1, 0.15) is 17.3 Å². The lowest BCUT2D eigenvalue weighted by atomic mass is 10.2. The molecule has 0 aromatic heterocycles. The van der Waals surface area contributed by atoms with Crippen molar-refractivity contribution in [2.24, 2.45) is 0 Å². The van der Waals surface area contributed by atoms with Gasteiger partial charge in [-0.3, -0.25) is 9.59 Å². The fourth-order valence-corrected chi connectivity index (χ4v) is 5.07. The summed E-state index contributed by atoms with van der Waals surface area (Å²) in [5.41, 5.74) is 0.536. The van der Waals surface area contributed by atoms with E-state index in [-0.39, 0.29) is 53.5 Å². The van der Waals surface area contributed by atoms with Crippen molar-refractivity contribution in [3.05, 3.63) is 52.8 Å². The predicted octanol–water partition coefficient (Wildman–Crippen LogP) is 2.35. The number of halogens is 2. The van der Waals surface area contributed by atoms with Gasteiger partial charge in [0, 0.05) is 31.7 Å². The fraction of sp³-hybridized carbons (Fsp3) is 0.300. The molecule has 2 aromatic carbocycles. The summed E-state index contributed by atoms with van der Waals surface area (Å²) in [6.07, 6.45) is -0.656. The number of hydrogen-bond acceptors (Lipinski definition) is 5. The Bertz CT molecular complexity index is 1170. The molecule has 8 nitrogen and oxygen atoms in total. The number of amides is 2. The zero-order valence-electron chi connectivity index (χ0n) is 16.5. The molecule has 1 N–H and O–H groups in total. The summed E-state index contributed by atoms with van der Waals surface area (Å²) < 4.78 is 46.2. The number of fused-ring (bicyclic) bond motifs is 1.